The van der Waals surface area contributed by atoms with Crippen LogP contribution < -0.4 is 10.1 Å². The molecule has 1 heterocycles. The number of allylic oxidation sites excluding steroid dienone is 2. The summed E-state index contributed by atoms with van der Waals surface area (Å²) in [4.78, 5) is 24.0. The number of non-ortho nitro benzene ring substituents is 1. The van der Waals surface area contributed by atoms with Crippen LogP contribution in [0, 0.1) is 20.9 Å². The topological polar surface area (TPSA) is 81.5 Å². The fourth-order valence-corrected chi connectivity index (χ4v) is 3.75. The number of Topliss-reactive ketones (excluding diaryl/α,β-unsaturated/α-hetero) is 1. The zero-order chi connectivity index (χ0) is 21.8. The van der Waals surface area contributed by atoms with Gasteiger partial charge in [0, 0.05) is 17.2 Å². The van der Waals surface area contributed by atoms with Crippen molar-refractivity contribution in [1.29, 1.82) is 0 Å². The van der Waals surface area contributed by atoms with Crippen molar-refractivity contribution >= 4 is 17.2 Å². The second-order valence-corrected chi connectivity index (χ2v) is 9.71. The third-order valence-corrected chi connectivity index (χ3v) is 5.34. The molecule has 6 nitrogen and oxygen atoms in total. The van der Waals surface area contributed by atoms with Crippen LogP contribution in [0.3, 0.4) is 0 Å². The van der Waals surface area contributed by atoms with Crippen LogP contribution in [0.15, 0.2) is 54.2 Å². The Labute approximate surface area is 171 Å². The lowest BCUT2D eigenvalue weighted by Gasteiger charge is -2.45. The van der Waals surface area contributed by atoms with Crippen molar-refractivity contribution < 1.29 is 14.5 Å². The summed E-state index contributed by atoms with van der Waals surface area (Å²) >= 11 is 0. The van der Waals surface area contributed by atoms with Crippen LogP contribution >= 0.6 is 0 Å². The van der Waals surface area contributed by atoms with E-state index in [1.165, 1.54) is 12.1 Å². The quantitative estimate of drug-likeness (QED) is 0.421. The second kappa shape index (κ2) is 6.58. The van der Waals surface area contributed by atoms with Crippen LogP contribution in [0.25, 0.3) is 0 Å². The number of nitro groups is 1. The molecule has 0 bridgehead atoms. The largest absolute Gasteiger partial charge is 0.481 e. The number of fused-ring (bicyclic) bond motifs is 1. The van der Waals surface area contributed by atoms with Crippen molar-refractivity contribution in [2.24, 2.45) is 10.8 Å². The summed E-state index contributed by atoms with van der Waals surface area (Å²) < 4.78 is 6.14. The highest BCUT2D eigenvalue weighted by Gasteiger charge is 2.47. The van der Waals surface area contributed by atoms with E-state index in [0.717, 1.165) is 0 Å². The monoisotopic (exact) mass is 396 g/mol. The molecule has 2 aliphatic rings. The summed E-state index contributed by atoms with van der Waals surface area (Å²) in [5.41, 5.74) is 0.466. The molecule has 0 radical (unpaired) electrons. The van der Waals surface area contributed by atoms with Gasteiger partial charge in [-0.3, -0.25) is 14.9 Å². The van der Waals surface area contributed by atoms with Gasteiger partial charge in [0.25, 0.3) is 5.69 Å². The van der Waals surface area contributed by atoms with Crippen molar-refractivity contribution in [2.45, 2.75) is 53.2 Å². The Balaban J connectivity index is 2.22. The Morgan fingerprint density at radius 3 is 2.14 bits per heavy atom. The molecule has 1 N–H and O–H groups in total. The van der Waals surface area contributed by atoms with Crippen molar-refractivity contribution in [1.82, 2.24) is 0 Å². The fraction of sp³-hybridized carbons (Fsp3) is 0.435. The van der Waals surface area contributed by atoms with Crippen molar-refractivity contribution in [2.75, 3.05) is 5.32 Å². The van der Waals surface area contributed by atoms with Gasteiger partial charge in [0.1, 0.15) is 17.4 Å². The number of carbonyl (C=O) groups is 1. The first kappa shape index (κ1) is 20.8. The first-order valence-corrected chi connectivity index (χ1v) is 9.66. The van der Waals surface area contributed by atoms with E-state index in [0.29, 0.717) is 22.6 Å². The van der Waals surface area contributed by atoms with Crippen LogP contribution in [0.2, 0.25) is 0 Å². The minimum absolute atomic E-state index is 0.0368. The molecule has 1 aliphatic carbocycles. The molecule has 3 rings (SSSR count). The van der Waals surface area contributed by atoms with Gasteiger partial charge in [-0.1, -0.05) is 48.1 Å². The number of hydrogen-bond acceptors (Lipinski definition) is 5. The molecule has 0 saturated carbocycles. The highest BCUT2D eigenvalue weighted by Crippen LogP contribution is 2.46. The first-order valence-electron chi connectivity index (χ1n) is 9.66. The number of nitrogens with one attached hydrogen (secondary N) is 1. The third kappa shape index (κ3) is 3.59. The number of ketones is 1. The maximum Gasteiger partial charge on any atom is 0.273 e. The lowest BCUT2D eigenvalue weighted by molar-refractivity contribution is -0.384. The van der Waals surface area contributed by atoms with E-state index in [1.807, 2.05) is 53.7 Å². The average Bonchev–Trinajstić information content (AvgIpc) is 2.60. The number of nitrogens with zero attached hydrogens (tertiary/aromatic N) is 1. The maximum atomic E-state index is 13.3. The van der Waals surface area contributed by atoms with E-state index in [1.54, 1.807) is 12.1 Å². The lowest BCUT2D eigenvalue weighted by atomic mass is 9.67. The average molecular weight is 396 g/mol. The predicted octanol–water partition coefficient (Wildman–Crippen LogP) is 5.22. The Morgan fingerprint density at radius 1 is 1.14 bits per heavy atom. The molecule has 6 heteroatoms. The van der Waals surface area contributed by atoms with E-state index >= 15 is 0 Å². The van der Waals surface area contributed by atoms with Crippen molar-refractivity contribution in [3.05, 3.63) is 64.3 Å². The van der Waals surface area contributed by atoms with Gasteiger partial charge in [-0.25, -0.2) is 0 Å². The van der Waals surface area contributed by atoms with Crippen LogP contribution in [0.4, 0.5) is 11.4 Å². The zero-order valence-corrected chi connectivity index (χ0v) is 17.8. The molecule has 1 aromatic carbocycles. The Bertz CT molecular complexity index is 924. The Hall–Kier alpha value is -2.89. The molecule has 1 aromatic rings. The molecular weight excluding hydrogens is 368 g/mol. The number of hydrogen-bond donors (Lipinski definition) is 1. The molecule has 154 valence electrons. The smallest absolute Gasteiger partial charge is 0.273 e. The Kier molecular flexibility index (Phi) is 4.72. The summed E-state index contributed by atoms with van der Waals surface area (Å²) in [6.07, 6.45) is 4.99. The van der Waals surface area contributed by atoms with Gasteiger partial charge < -0.3 is 10.1 Å². The van der Waals surface area contributed by atoms with E-state index in [9.17, 15) is 14.9 Å². The summed E-state index contributed by atoms with van der Waals surface area (Å²) in [6.45, 7) is 16.0. The molecule has 0 amide bonds. The van der Waals surface area contributed by atoms with E-state index < -0.39 is 16.6 Å². The van der Waals surface area contributed by atoms with Gasteiger partial charge in [0.05, 0.1) is 16.7 Å². The van der Waals surface area contributed by atoms with Gasteiger partial charge in [-0.05, 0) is 35.1 Å². The molecule has 0 saturated heterocycles. The lowest BCUT2D eigenvalue weighted by Crippen LogP contribution is -2.54. The molecule has 0 aromatic heterocycles. The zero-order valence-electron chi connectivity index (χ0n) is 17.8. The fourth-order valence-electron chi connectivity index (χ4n) is 3.75. The maximum absolute atomic E-state index is 13.3. The molecular formula is C23H28N2O4. The number of nitro benzene ring substituents is 1. The van der Waals surface area contributed by atoms with Gasteiger partial charge in [-0.2, -0.15) is 0 Å². The molecule has 1 aliphatic heterocycles. The minimum atomic E-state index is -0.815. The number of benzene rings is 1. The number of anilines is 1. The van der Waals surface area contributed by atoms with Crippen molar-refractivity contribution in [3.8, 4) is 5.75 Å². The first-order chi connectivity index (χ1) is 13.3. The van der Waals surface area contributed by atoms with Crippen LogP contribution in [0.5, 0.6) is 5.75 Å². The highest BCUT2D eigenvalue weighted by atomic mass is 16.6. The molecule has 0 fully saturated rings. The second-order valence-electron chi connectivity index (χ2n) is 9.71. The molecule has 0 unspecified atom stereocenters. The number of rotatable bonds is 2. The van der Waals surface area contributed by atoms with E-state index in [-0.39, 0.29) is 22.3 Å². The Morgan fingerprint density at radius 2 is 1.69 bits per heavy atom. The predicted molar refractivity (Wildman–Crippen MR) is 114 cm³/mol. The molecule has 29 heavy (non-hydrogen) atoms. The summed E-state index contributed by atoms with van der Waals surface area (Å²) in [6, 6.07) is 4.48. The SMILES string of the molecule is C=C[C@H]1Oc2cc([N+](=O)[O-])ccc2NC12C=C(C(C)(C)C)C(=O)C(C(C)(C)C)=C2. The highest BCUT2D eigenvalue weighted by molar-refractivity contribution is 6.11. The molecule has 1 atom stereocenters. The molecule has 1 spiro atoms. The van der Waals surface area contributed by atoms with Gasteiger partial charge >= 0.3 is 0 Å². The normalized spacial score (nSPS) is 20.8. The summed E-state index contributed by atoms with van der Waals surface area (Å²) in [5, 5.41) is 14.6. The van der Waals surface area contributed by atoms with Crippen LogP contribution in [-0.4, -0.2) is 22.3 Å². The van der Waals surface area contributed by atoms with Gasteiger partial charge in [0.2, 0.25) is 0 Å². The van der Waals surface area contributed by atoms with E-state index in [4.69, 9.17) is 4.74 Å². The van der Waals surface area contributed by atoms with Gasteiger partial charge in [0.15, 0.2) is 5.78 Å². The number of carbonyl (C=O) groups excluding carboxylic acids is 1. The standard InChI is InChI=1S/C23H28N2O4/c1-8-19-23(24-17-10-9-14(25(27)28)11-18(17)29-19)12-15(21(2,3)4)20(26)16(13-23)22(5,6)7/h8-13,19,24H,1H2,2-7H3/t19-/m1/s1. The van der Waals surface area contributed by atoms with Crippen LogP contribution in [0.1, 0.15) is 41.5 Å². The summed E-state index contributed by atoms with van der Waals surface area (Å²) in [5.74, 6) is 0.428. The van der Waals surface area contributed by atoms with Crippen LogP contribution in [-0.2, 0) is 4.79 Å². The third-order valence-electron chi connectivity index (χ3n) is 5.34. The minimum Gasteiger partial charge on any atom is -0.481 e. The van der Waals surface area contributed by atoms with Gasteiger partial charge in [-0.15, -0.1) is 0 Å². The summed E-state index contributed by atoms with van der Waals surface area (Å²) in [7, 11) is 0. The van der Waals surface area contributed by atoms with E-state index in [2.05, 4.69) is 11.9 Å². The van der Waals surface area contributed by atoms with Crippen molar-refractivity contribution in [3.63, 3.8) is 0 Å². The number of ether oxygens (including phenoxy) is 1.